The lowest BCUT2D eigenvalue weighted by Crippen LogP contribution is -2.41. The minimum absolute atomic E-state index is 0.0391. The van der Waals surface area contributed by atoms with Gasteiger partial charge in [0.25, 0.3) is 0 Å². The van der Waals surface area contributed by atoms with Gasteiger partial charge in [-0.3, -0.25) is 9.59 Å². The van der Waals surface area contributed by atoms with Gasteiger partial charge in [-0.2, -0.15) is 0 Å². The van der Waals surface area contributed by atoms with E-state index < -0.39 is 0 Å². The average Bonchev–Trinajstić information content (AvgIpc) is 2.56. The number of hydrogen-bond donors (Lipinski definition) is 1. The van der Waals surface area contributed by atoms with Crippen molar-refractivity contribution >= 4 is 11.8 Å². The van der Waals surface area contributed by atoms with E-state index in [1.165, 1.54) is 0 Å². The number of hydrogen-bond acceptors (Lipinski definition) is 4. The molecule has 1 aliphatic rings. The van der Waals surface area contributed by atoms with Gasteiger partial charge in [0.05, 0.1) is 0 Å². The fourth-order valence-corrected chi connectivity index (χ4v) is 2.55. The number of ether oxygens (including phenoxy) is 1. The SMILES string of the molecule is CN(C)CCOc1ccc(CNC(=O)[C@@H]2CCN(C)C(=O)C2)cc1. The monoisotopic (exact) mass is 333 g/mol. The Morgan fingerprint density at radius 2 is 2.04 bits per heavy atom. The molecule has 1 aliphatic heterocycles. The van der Waals surface area contributed by atoms with Crippen LogP contribution in [-0.4, -0.2) is 62.5 Å². The fourth-order valence-electron chi connectivity index (χ4n) is 2.55. The summed E-state index contributed by atoms with van der Waals surface area (Å²) in [7, 11) is 5.79. The highest BCUT2D eigenvalue weighted by molar-refractivity contribution is 5.86. The molecule has 6 nitrogen and oxygen atoms in total. The molecular formula is C18H27N3O3. The molecule has 0 radical (unpaired) electrons. The van der Waals surface area contributed by atoms with Gasteiger partial charge in [-0.1, -0.05) is 12.1 Å². The second kappa shape index (κ2) is 8.68. The van der Waals surface area contributed by atoms with Gasteiger partial charge in [0.2, 0.25) is 11.8 Å². The van der Waals surface area contributed by atoms with Crippen LogP contribution >= 0.6 is 0 Å². The molecule has 24 heavy (non-hydrogen) atoms. The van der Waals surface area contributed by atoms with Gasteiger partial charge in [0.1, 0.15) is 12.4 Å². The molecule has 132 valence electrons. The number of nitrogens with zero attached hydrogens (tertiary/aromatic N) is 2. The second-order valence-electron chi connectivity index (χ2n) is 6.52. The number of likely N-dealkylation sites (N-methyl/N-ethyl adjacent to an activating group) is 1. The summed E-state index contributed by atoms with van der Waals surface area (Å²) in [5.74, 6) is 0.624. The molecule has 1 saturated heterocycles. The van der Waals surface area contributed by atoms with E-state index in [9.17, 15) is 9.59 Å². The third-order valence-electron chi connectivity index (χ3n) is 4.23. The first-order chi connectivity index (χ1) is 11.5. The smallest absolute Gasteiger partial charge is 0.223 e. The van der Waals surface area contributed by atoms with Crippen LogP contribution in [0.3, 0.4) is 0 Å². The van der Waals surface area contributed by atoms with Crippen molar-refractivity contribution in [2.45, 2.75) is 19.4 Å². The maximum atomic E-state index is 12.2. The van der Waals surface area contributed by atoms with E-state index in [1.807, 2.05) is 38.4 Å². The highest BCUT2D eigenvalue weighted by Crippen LogP contribution is 2.18. The van der Waals surface area contributed by atoms with E-state index >= 15 is 0 Å². The predicted octanol–water partition coefficient (Wildman–Crippen LogP) is 1.11. The van der Waals surface area contributed by atoms with Crippen molar-refractivity contribution in [3.05, 3.63) is 29.8 Å². The first kappa shape index (κ1) is 18.3. The van der Waals surface area contributed by atoms with E-state index in [-0.39, 0.29) is 17.7 Å². The highest BCUT2D eigenvalue weighted by atomic mass is 16.5. The summed E-state index contributed by atoms with van der Waals surface area (Å²) in [5.41, 5.74) is 1.02. The van der Waals surface area contributed by atoms with Gasteiger partial charge >= 0.3 is 0 Å². The largest absolute Gasteiger partial charge is 0.492 e. The summed E-state index contributed by atoms with van der Waals surface area (Å²) >= 11 is 0. The molecule has 1 heterocycles. The fraction of sp³-hybridized carbons (Fsp3) is 0.556. The van der Waals surface area contributed by atoms with E-state index in [4.69, 9.17) is 4.74 Å². The highest BCUT2D eigenvalue weighted by Gasteiger charge is 2.28. The van der Waals surface area contributed by atoms with Gasteiger partial charge in [0.15, 0.2) is 0 Å². The quantitative estimate of drug-likeness (QED) is 0.812. The Bertz CT molecular complexity index is 557. The molecule has 0 aliphatic carbocycles. The second-order valence-corrected chi connectivity index (χ2v) is 6.52. The van der Waals surface area contributed by atoms with Crippen molar-refractivity contribution in [1.29, 1.82) is 0 Å². The molecule has 2 rings (SSSR count). The van der Waals surface area contributed by atoms with Gasteiger partial charge < -0.3 is 19.9 Å². The molecule has 0 bridgehead atoms. The van der Waals surface area contributed by atoms with E-state index in [0.29, 0.717) is 26.1 Å². The molecule has 1 atom stereocenters. The molecule has 0 saturated carbocycles. The molecule has 0 aromatic heterocycles. The Morgan fingerprint density at radius 3 is 2.67 bits per heavy atom. The minimum Gasteiger partial charge on any atom is -0.492 e. The number of carbonyl (C=O) groups is 2. The van der Waals surface area contributed by atoms with Gasteiger partial charge in [-0.25, -0.2) is 0 Å². The van der Waals surface area contributed by atoms with Gasteiger partial charge in [0, 0.05) is 39.0 Å². The molecule has 2 amide bonds. The third kappa shape index (κ3) is 5.53. The number of likely N-dealkylation sites (tertiary alicyclic amines) is 1. The standard InChI is InChI=1S/C18H27N3O3/c1-20(2)10-11-24-16-6-4-14(5-7-16)13-19-18(23)15-8-9-21(3)17(22)12-15/h4-7,15H,8-13H2,1-3H3,(H,19,23)/t15-/m1/s1. The zero-order chi connectivity index (χ0) is 17.5. The number of piperidine rings is 1. The van der Waals surface area contributed by atoms with Crippen LogP contribution in [0.25, 0.3) is 0 Å². The van der Waals surface area contributed by atoms with Crippen LogP contribution in [0.4, 0.5) is 0 Å². The van der Waals surface area contributed by atoms with Crippen LogP contribution in [0.5, 0.6) is 5.75 Å². The Labute approximate surface area is 143 Å². The van der Waals surface area contributed by atoms with Crippen molar-refractivity contribution in [1.82, 2.24) is 15.1 Å². The minimum atomic E-state index is -0.206. The summed E-state index contributed by atoms with van der Waals surface area (Å²) in [5, 5.41) is 2.92. The lowest BCUT2D eigenvalue weighted by atomic mass is 9.95. The number of carbonyl (C=O) groups excluding carboxylic acids is 2. The molecule has 1 aromatic carbocycles. The van der Waals surface area contributed by atoms with Crippen LogP contribution in [0.1, 0.15) is 18.4 Å². The Morgan fingerprint density at radius 1 is 1.33 bits per heavy atom. The molecule has 1 fully saturated rings. The van der Waals surface area contributed by atoms with E-state index in [0.717, 1.165) is 24.3 Å². The summed E-state index contributed by atoms with van der Waals surface area (Å²) in [6, 6.07) is 7.72. The maximum absolute atomic E-state index is 12.2. The summed E-state index contributed by atoms with van der Waals surface area (Å²) in [6.45, 7) is 2.63. The van der Waals surface area contributed by atoms with Crippen LogP contribution in [0.2, 0.25) is 0 Å². The zero-order valence-corrected chi connectivity index (χ0v) is 14.7. The Balaban J connectivity index is 1.75. The van der Waals surface area contributed by atoms with Gasteiger partial charge in [-0.05, 0) is 38.2 Å². The number of benzene rings is 1. The molecule has 1 aromatic rings. The topological polar surface area (TPSA) is 61.9 Å². The van der Waals surface area contributed by atoms with E-state index in [1.54, 1.807) is 11.9 Å². The molecule has 1 N–H and O–H groups in total. The van der Waals surface area contributed by atoms with Crippen molar-refractivity contribution in [3.8, 4) is 5.75 Å². The van der Waals surface area contributed by atoms with Crippen LogP contribution in [-0.2, 0) is 16.1 Å². The van der Waals surface area contributed by atoms with Crippen molar-refractivity contribution in [2.75, 3.05) is 40.8 Å². The number of amides is 2. The molecule has 0 unspecified atom stereocenters. The first-order valence-corrected chi connectivity index (χ1v) is 8.34. The summed E-state index contributed by atoms with van der Waals surface area (Å²) in [6.07, 6.45) is 1.04. The van der Waals surface area contributed by atoms with Crippen LogP contribution < -0.4 is 10.1 Å². The average molecular weight is 333 g/mol. The van der Waals surface area contributed by atoms with E-state index in [2.05, 4.69) is 10.2 Å². The number of nitrogens with one attached hydrogen (secondary N) is 1. The maximum Gasteiger partial charge on any atom is 0.223 e. The van der Waals surface area contributed by atoms with Crippen molar-refractivity contribution in [2.24, 2.45) is 5.92 Å². The van der Waals surface area contributed by atoms with Crippen molar-refractivity contribution in [3.63, 3.8) is 0 Å². The van der Waals surface area contributed by atoms with Crippen LogP contribution in [0, 0.1) is 5.92 Å². The molecule has 6 heteroatoms. The van der Waals surface area contributed by atoms with Crippen molar-refractivity contribution < 1.29 is 14.3 Å². The summed E-state index contributed by atoms with van der Waals surface area (Å²) < 4.78 is 5.64. The third-order valence-corrected chi connectivity index (χ3v) is 4.23. The first-order valence-electron chi connectivity index (χ1n) is 8.34. The van der Waals surface area contributed by atoms with Crippen LogP contribution in [0.15, 0.2) is 24.3 Å². The Hall–Kier alpha value is -2.08. The van der Waals surface area contributed by atoms with Gasteiger partial charge in [-0.15, -0.1) is 0 Å². The zero-order valence-electron chi connectivity index (χ0n) is 14.7. The lowest BCUT2D eigenvalue weighted by Gasteiger charge is -2.27. The summed E-state index contributed by atoms with van der Waals surface area (Å²) in [4.78, 5) is 27.6. The molecule has 0 spiro atoms. The Kier molecular flexibility index (Phi) is 6.61. The molecular weight excluding hydrogens is 306 g/mol. The predicted molar refractivity (Wildman–Crippen MR) is 92.7 cm³/mol. The number of rotatable bonds is 7. The normalized spacial score (nSPS) is 17.9. The lowest BCUT2D eigenvalue weighted by molar-refractivity contribution is -0.139.